The zero-order chi connectivity index (χ0) is 16.1. The number of carbonyl (C=O) groups is 1. The molecule has 23 heavy (non-hydrogen) atoms. The highest BCUT2D eigenvalue weighted by Crippen LogP contribution is 2.31. The van der Waals surface area contributed by atoms with Crippen molar-refractivity contribution >= 4 is 41.2 Å². The van der Waals surface area contributed by atoms with Crippen LogP contribution < -0.4 is 4.74 Å². The molecule has 0 radical (unpaired) electrons. The maximum atomic E-state index is 12.4. The van der Waals surface area contributed by atoms with Crippen molar-refractivity contribution < 1.29 is 9.53 Å². The van der Waals surface area contributed by atoms with Crippen LogP contribution in [-0.2, 0) is 4.79 Å². The van der Waals surface area contributed by atoms with Gasteiger partial charge in [0.25, 0.3) is 5.91 Å². The van der Waals surface area contributed by atoms with Crippen LogP contribution in [0, 0.1) is 0 Å². The van der Waals surface area contributed by atoms with Crippen LogP contribution in [0.1, 0.15) is 10.4 Å². The lowest BCUT2D eigenvalue weighted by Gasteiger charge is -2.14. The van der Waals surface area contributed by atoms with Crippen molar-refractivity contribution in [3.63, 3.8) is 0 Å². The lowest BCUT2D eigenvalue weighted by Crippen LogP contribution is -2.24. The molecule has 0 N–H and O–H groups in total. The van der Waals surface area contributed by atoms with Gasteiger partial charge < -0.3 is 9.64 Å². The highest BCUT2D eigenvalue weighted by atomic mass is 32.2. The van der Waals surface area contributed by atoms with Gasteiger partial charge in [-0.05, 0) is 41.3 Å². The summed E-state index contributed by atoms with van der Waals surface area (Å²) in [6.45, 7) is 0.758. The van der Waals surface area contributed by atoms with E-state index in [4.69, 9.17) is 4.74 Å². The molecule has 0 atom stereocenters. The number of thioether (sulfide) groups is 1. The average Bonchev–Trinajstić information content (AvgIpc) is 3.25. The summed E-state index contributed by atoms with van der Waals surface area (Å²) in [5.74, 6) is 1.78. The van der Waals surface area contributed by atoms with Crippen molar-refractivity contribution in [3.05, 3.63) is 63.3 Å². The first-order chi connectivity index (χ1) is 11.3. The van der Waals surface area contributed by atoms with Crippen molar-refractivity contribution in [2.24, 2.45) is 0 Å². The van der Waals surface area contributed by atoms with Gasteiger partial charge in [-0.2, -0.15) is 0 Å². The minimum absolute atomic E-state index is 0.0219. The maximum Gasteiger partial charge on any atom is 0.251 e. The summed E-state index contributed by atoms with van der Waals surface area (Å²) in [7, 11) is 1.64. The normalized spacial score (nSPS) is 16.4. The Bertz CT molecular complexity index is 718. The number of carbonyl (C=O) groups excluding carboxylic acids is 1. The summed E-state index contributed by atoms with van der Waals surface area (Å²) in [4.78, 5) is 15.5. The average molecular weight is 343 g/mol. The van der Waals surface area contributed by atoms with E-state index in [-0.39, 0.29) is 5.91 Å². The fraction of sp³-hybridized carbons (Fsp3) is 0.167. The molecule has 2 heterocycles. The van der Waals surface area contributed by atoms with Crippen LogP contribution >= 0.6 is 23.1 Å². The molecule has 3 nitrogen and oxygen atoms in total. The molecule has 0 unspecified atom stereocenters. The van der Waals surface area contributed by atoms with Crippen LogP contribution in [0.3, 0.4) is 0 Å². The molecule has 1 fully saturated rings. The Morgan fingerprint density at radius 2 is 2.09 bits per heavy atom. The van der Waals surface area contributed by atoms with Crippen molar-refractivity contribution in [1.82, 2.24) is 4.90 Å². The Labute approximate surface area is 144 Å². The monoisotopic (exact) mass is 343 g/mol. The van der Waals surface area contributed by atoms with Crippen molar-refractivity contribution in [2.45, 2.75) is 0 Å². The summed E-state index contributed by atoms with van der Waals surface area (Å²) in [5.41, 5.74) is 0.981. The summed E-state index contributed by atoms with van der Waals surface area (Å²) in [6, 6.07) is 11.7. The Morgan fingerprint density at radius 3 is 2.78 bits per heavy atom. The van der Waals surface area contributed by atoms with Crippen molar-refractivity contribution in [1.29, 1.82) is 0 Å². The van der Waals surface area contributed by atoms with Gasteiger partial charge in [0.15, 0.2) is 0 Å². The van der Waals surface area contributed by atoms with Crippen molar-refractivity contribution in [2.75, 3.05) is 19.4 Å². The standard InChI is InChI=1S/C18H17NO2S2/c1-21-15-7-4-14(5-8-15)6-9-17(20)19-10-12-23-18(19)13-16-3-2-11-22-16/h2-9,11,13H,10,12H2,1H3/b9-6+,18-13+. The third-order valence-corrected chi connectivity index (χ3v) is 5.28. The number of hydrogen-bond donors (Lipinski definition) is 0. The Hall–Kier alpha value is -1.98. The number of hydrogen-bond acceptors (Lipinski definition) is 4. The minimum atomic E-state index is 0.0219. The molecule has 118 valence electrons. The van der Waals surface area contributed by atoms with Gasteiger partial charge in [0.2, 0.25) is 0 Å². The zero-order valence-corrected chi connectivity index (χ0v) is 14.4. The Morgan fingerprint density at radius 1 is 1.26 bits per heavy atom. The number of nitrogens with zero attached hydrogens (tertiary/aromatic N) is 1. The number of methoxy groups -OCH3 is 1. The van der Waals surface area contributed by atoms with Crippen LogP contribution in [0.4, 0.5) is 0 Å². The van der Waals surface area contributed by atoms with Gasteiger partial charge in [0.05, 0.1) is 12.1 Å². The third-order valence-electron chi connectivity index (χ3n) is 3.44. The largest absolute Gasteiger partial charge is 0.497 e. The first-order valence-electron chi connectivity index (χ1n) is 7.28. The van der Waals surface area contributed by atoms with Gasteiger partial charge in [-0.3, -0.25) is 4.79 Å². The topological polar surface area (TPSA) is 29.5 Å². The second kappa shape index (κ2) is 7.53. The number of rotatable bonds is 4. The molecule has 1 aliphatic rings. The van der Waals surface area contributed by atoms with Gasteiger partial charge in [-0.15, -0.1) is 23.1 Å². The molecule has 1 aromatic carbocycles. The summed E-state index contributed by atoms with van der Waals surface area (Å²) < 4.78 is 5.13. The van der Waals surface area contributed by atoms with Gasteiger partial charge in [-0.25, -0.2) is 0 Å². The van der Waals surface area contributed by atoms with Crippen LogP contribution in [0.5, 0.6) is 5.75 Å². The molecule has 0 saturated carbocycles. The van der Waals surface area contributed by atoms with Gasteiger partial charge in [-0.1, -0.05) is 18.2 Å². The lowest BCUT2D eigenvalue weighted by molar-refractivity contribution is -0.123. The van der Waals surface area contributed by atoms with Crippen LogP contribution in [0.15, 0.2) is 52.9 Å². The molecule has 0 aliphatic carbocycles. The quantitative estimate of drug-likeness (QED) is 0.773. The first-order valence-corrected chi connectivity index (χ1v) is 9.14. The number of amides is 1. The van der Waals surface area contributed by atoms with E-state index in [2.05, 4.69) is 12.1 Å². The SMILES string of the molecule is COc1ccc(/C=C/C(=O)N2CCS/C2=C/c2cccs2)cc1. The summed E-state index contributed by atoms with van der Waals surface area (Å²) >= 11 is 3.41. The molecule has 0 spiro atoms. The van der Waals surface area contributed by atoms with Gasteiger partial charge >= 0.3 is 0 Å². The molecular formula is C18H17NO2S2. The van der Waals surface area contributed by atoms with Gasteiger partial charge in [0.1, 0.15) is 5.75 Å². The zero-order valence-electron chi connectivity index (χ0n) is 12.8. The van der Waals surface area contributed by atoms with Crippen molar-refractivity contribution in [3.8, 4) is 5.75 Å². The predicted octanol–water partition coefficient (Wildman–Crippen LogP) is 4.34. The van der Waals surface area contributed by atoms with E-state index < -0.39 is 0 Å². The van der Waals surface area contributed by atoms with E-state index >= 15 is 0 Å². The predicted molar refractivity (Wildman–Crippen MR) is 98.5 cm³/mol. The van der Waals surface area contributed by atoms with E-state index in [9.17, 15) is 4.79 Å². The molecule has 5 heteroatoms. The number of ether oxygens (including phenoxy) is 1. The molecule has 1 amide bonds. The second-order valence-corrected chi connectivity index (χ2v) is 7.04. The lowest BCUT2D eigenvalue weighted by atomic mass is 10.2. The van der Waals surface area contributed by atoms with E-state index in [1.54, 1.807) is 36.3 Å². The molecular weight excluding hydrogens is 326 g/mol. The summed E-state index contributed by atoms with van der Waals surface area (Å²) in [5, 5.41) is 3.07. The maximum absolute atomic E-state index is 12.4. The number of thiophene rings is 1. The molecule has 1 saturated heterocycles. The number of benzene rings is 1. The van der Waals surface area contributed by atoms with E-state index in [1.807, 2.05) is 46.7 Å². The fourth-order valence-electron chi connectivity index (χ4n) is 2.24. The Balaban J connectivity index is 1.70. The molecule has 1 aromatic heterocycles. The fourth-order valence-corrected chi connectivity index (χ4v) is 3.99. The highest BCUT2D eigenvalue weighted by molar-refractivity contribution is 8.03. The van der Waals surface area contributed by atoms with Crippen LogP contribution in [0.25, 0.3) is 12.2 Å². The second-order valence-electron chi connectivity index (χ2n) is 4.94. The van der Waals surface area contributed by atoms with E-state index in [1.165, 1.54) is 4.88 Å². The first kappa shape index (κ1) is 15.9. The molecule has 2 aromatic rings. The third kappa shape index (κ3) is 4.06. The van der Waals surface area contributed by atoms with E-state index in [0.29, 0.717) is 0 Å². The molecule has 0 bridgehead atoms. The van der Waals surface area contributed by atoms with Crippen LogP contribution in [0.2, 0.25) is 0 Å². The van der Waals surface area contributed by atoms with E-state index in [0.717, 1.165) is 28.6 Å². The smallest absolute Gasteiger partial charge is 0.251 e. The summed E-state index contributed by atoms with van der Waals surface area (Å²) in [6.07, 6.45) is 5.56. The molecule has 3 rings (SSSR count). The molecule has 1 aliphatic heterocycles. The van der Waals surface area contributed by atoms with Gasteiger partial charge in [0, 0.05) is 23.3 Å². The Kier molecular flexibility index (Phi) is 5.20. The van der Waals surface area contributed by atoms with Crippen LogP contribution in [-0.4, -0.2) is 30.2 Å². The minimum Gasteiger partial charge on any atom is -0.497 e. The highest BCUT2D eigenvalue weighted by Gasteiger charge is 2.22.